The second-order valence-electron chi connectivity index (χ2n) is 6.82. The Labute approximate surface area is 117 Å². The summed E-state index contributed by atoms with van der Waals surface area (Å²) in [7, 11) is 0. The molecule has 110 valence electrons. The molecule has 0 spiro atoms. The van der Waals surface area contributed by atoms with Crippen LogP contribution in [-0.2, 0) is 4.79 Å². The van der Waals surface area contributed by atoms with Crippen LogP contribution in [0.3, 0.4) is 0 Å². The van der Waals surface area contributed by atoms with Gasteiger partial charge in [0.1, 0.15) is 0 Å². The summed E-state index contributed by atoms with van der Waals surface area (Å²) in [6.45, 7) is 6.34. The molecular formula is C16H29NO2. The number of carboxylic acid groups (broad SMARTS) is 1. The van der Waals surface area contributed by atoms with Crippen LogP contribution in [0.4, 0.5) is 0 Å². The Hall–Kier alpha value is -0.570. The number of hydrogen-bond donors (Lipinski definition) is 1. The molecule has 1 atom stereocenters. The van der Waals surface area contributed by atoms with Gasteiger partial charge in [0.15, 0.2) is 0 Å². The molecule has 1 unspecified atom stereocenters. The average Bonchev–Trinajstić information content (AvgIpc) is 2.40. The first-order valence-corrected chi connectivity index (χ1v) is 8.05. The maximum atomic E-state index is 11.7. The molecule has 1 heterocycles. The Kier molecular flexibility index (Phi) is 4.88. The topological polar surface area (TPSA) is 40.5 Å². The number of hydrogen-bond acceptors (Lipinski definition) is 2. The molecule has 1 saturated heterocycles. The van der Waals surface area contributed by atoms with E-state index in [0.29, 0.717) is 6.04 Å². The fourth-order valence-electron chi connectivity index (χ4n) is 4.05. The van der Waals surface area contributed by atoms with Crippen LogP contribution < -0.4 is 0 Å². The van der Waals surface area contributed by atoms with E-state index < -0.39 is 11.4 Å². The van der Waals surface area contributed by atoms with Gasteiger partial charge in [-0.2, -0.15) is 0 Å². The third-order valence-electron chi connectivity index (χ3n) is 5.29. The highest BCUT2D eigenvalue weighted by Crippen LogP contribution is 2.38. The predicted octanol–water partition coefficient (Wildman–Crippen LogP) is 3.53. The lowest BCUT2D eigenvalue weighted by Crippen LogP contribution is -2.52. The van der Waals surface area contributed by atoms with Gasteiger partial charge in [0.25, 0.3) is 0 Å². The molecule has 1 aliphatic heterocycles. The summed E-state index contributed by atoms with van der Waals surface area (Å²) in [6.07, 6.45) is 8.90. The van der Waals surface area contributed by atoms with Gasteiger partial charge in [-0.25, -0.2) is 0 Å². The molecule has 2 aliphatic rings. The lowest BCUT2D eigenvalue weighted by molar-refractivity contribution is -0.154. The summed E-state index contributed by atoms with van der Waals surface area (Å²) in [4.78, 5) is 14.2. The van der Waals surface area contributed by atoms with Crippen LogP contribution in [0.1, 0.15) is 65.2 Å². The Morgan fingerprint density at radius 2 is 2.00 bits per heavy atom. The minimum Gasteiger partial charge on any atom is -0.481 e. The van der Waals surface area contributed by atoms with E-state index in [0.717, 1.165) is 44.7 Å². The second-order valence-corrected chi connectivity index (χ2v) is 6.82. The maximum absolute atomic E-state index is 11.7. The third kappa shape index (κ3) is 3.31. The van der Waals surface area contributed by atoms with Crippen molar-refractivity contribution < 1.29 is 9.90 Å². The minimum absolute atomic E-state index is 0.462. The molecule has 1 N–H and O–H groups in total. The van der Waals surface area contributed by atoms with E-state index in [4.69, 9.17) is 0 Å². The number of nitrogens with zero attached hydrogens (tertiary/aromatic N) is 1. The zero-order valence-corrected chi connectivity index (χ0v) is 12.5. The van der Waals surface area contributed by atoms with Crippen LogP contribution >= 0.6 is 0 Å². The van der Waals surface area contributed by atoms with Crippen LogP contribution in [0, 0.1) is 11.3 Å². The van der Waals surface area contributed by atoms with E-state index in [1.807, 2.05) is 0 Å². The van der Waals surface area contributed by atoms with Gasteiger partial charge < -0.3 is 5.11 Å². The van der Waals surface area contributed by atoms with Crippen molar-refractivity contribution in [1.82, 2.24) is 4.90 Å². The van der Waals surface area contributed by atoms with Gasteiger partial charge in [-0.1, -0.05) is 20.3 Å². The fourth-order valence-corrected chi connectivity index (χ4v) is 4.05. The monoisotopic (exact) mass is 267 g/mol. The zero-order chi connectivity index (χ0) is 13.9. The van der Waals surface area contributed by atoms with Crippen molar-refractivity contribution in [2.24, 2.45) is 11.3 Å². The number of carbonyl (C=O) groups is 1. The smallest absolute Gasteiger partial charge is 0.310 e. The van der Waals surface area contributed by atoms with Crippen LogP contribution in [0.25, 0.3) is 0 Å². The Balaban J connectivity index is 2.01. The first-order chi connectivity index (χ1) is 9.07. The molecule has 0 aromatic heterocycles. The molecule has 3 heteroatoms. The fraction of sp³-hybridized carbons (Fsp3) is 0.938. The van der Waals surface area contributed by atoms with Gasteiger partial charge in [-0.15, -0.1) is 0 Å². The lowest BCUT2D eigenvalue weighted by atomic mass is 9.75. The van der Waals surface area contributed by atoms with Crippen LogP contribution in [0.15, 0.2) is 0 Å². The number of rotatable bonds is 4. The normalized spacial score (nSPS) is 37.2. The van der Waals surface area contributed by atoms with Crippen molar-refractivity contribution in [2.75, 3.05) is 13.1 Å². The molecule has 2 fully saturated rings. The molecule has 0 bridgehead atoms. The number of piperidine rings is 1. The highest BCUT2D eigenvalue weighted by Gasteiger charge is 2.43. The quantitative estimate of drug-likeness (QED) is 0.847. The van der Waals surface area contributed by atoms with Crippen LogP contribution in [-0.4, -0.2) is 35.1 Å². The summed E-state index contributed by atoms with van der Waals surface area (Å²) in [6, 6.07) is 0.645. The van der Waals surface area contributed by atoms with Crippen molar-refractivity contribution in [2.45, 2.75) is 71.3 Å². The van der Waals surface area contributed by atoms with Gasteiger partial charge in [0.05, 0.1) is 5.41 Å². The highest BCUT2D eigenvalue weighted by atomic mass is 16.4. The van der Waals surface area contributed by atoms with Gasteiger partial charge in [-0.05, 0) is 57.4 Å². The van der Waals surface area contributed by atoms with E-state index in [9.17, 15) is 9.90 Å². The molecule has 0 aromatic rings. The number of aliphatic carboxylic acids is 1. The first-order valence-electron chi connectivity index (χ1n) is 8.05. The van der Waals surface area contributed by atoms with E-state index in [2.05, 4.69) is 18.7 Å². The largest absolute Gasteiger partial charge is 0.481 e. The van der Waals surface area contributed by atoms with E-state index in [1.165, 1.54) is 25.7 Å². The van der Waals surface area contributed by atoms with E-state index >= 15 is 0 Å². The molecule has 2 rings (SSSR count). The maximum Gasteiger partial charge on any atom is 0.310 e. The summed E-state index contributed by atoms with van der Waals surface area (Å²) in [5, 5.41) is 9.65. The predicted molar refractivity (Wildman–Crippen MR) is 77.2 cm³/mol. The van der Waals surface area contributed by atoms with E-state index in [1.54, 1.807) is 0 Å². The number of likely N-dealkylation sites (tertiary alicyclic amines) is 1. The van der Waals surface area contributed by atoms with Gasteiger partial charge >= 0.3 is 5.97 Å². The molecule has 0 radical (unpaired) electrons. The zero-order valence-electron chi connectivity index (χ0n) is 12.5. The highest BCUT2D eigenvalue weighted by molar-refractivity contribution is 5.75. The van der Waals surface area contributed by atoms with Gasteiger partial charge in [0, 0.05) is 12.6 Å². The van der Waals surface area contributed by atoms with Crippen molar-refractivity contribution in [3.05, 3.63) is 0 Å². The van der Waals surface area contributed by atoms with Crippen molar-refractivity contribution in [3.63, 3.8) is 0 Å². The summed E-state index contributed by atoms with van der Waals surface area (Å²) in [5.41, 5.74) is -0.462. The van der Waals surface area contributed by atoms with E-state index in [-0.39, 0.29) is 0 Å². The standard InChI is InChI=1S/C16H29NO2/c1-3-9-16(15(18)19)10-4-11-17(12-16)14-7-5-13(2)6-8-14/h13-14H,3-12H2,1-2H3,(H,18,19). The Morgan fingerprint density at radius 3 is 2.58 bits per heavy atom. The van der Waals surface area contributed by atoms with Crippen LogP contribution in [0.5, 0.6) is 0 Å². The molecule has 19 heavy (non-hydrogen) atoms. The Morgan fingerprint density at radius 1 is 1.32 bits per heavy atom. The summed E-state index contributed by atoms with van der Waals surface area (Å²) >= 11 is 0. The van der Waals surface area contributed by atoms with Crippen molar-refractivity contribution in [3.8, 4) is 0 Å². The molecular weight excluding hydrogens is 238 g/mol. The SMILES string of the molecule is CCCC1(C(=O)O)CCCN(C2CCC(C)CC2)C1. The third-order valence-corrected chi connectivity index (χ3v) is 5.29. The summed E-state index contributed by atoms with van der Waals surface area (Å²) < 4.78 is 0. The number of carboxylic acids is 1. The van der Waals surface area contributed by atoms with Crippen molar-refractivity contribution >= 4 is 5.97 Å². The molecule has 1 saturated carbocycles. The second kappa shape index (κ2) is 6.25. The molecule has 0 amide bonds. The van der Waals surface area contributed by atoms with Gasteiger partial charge in [0.2, 0.25) is 0 Å². The molecule has 3 nitrogen and oxygen atoms in total. The molecule has 0 aromatic carbocycles. The van der Waals surface area contributed by atoms with Gasteiger partial charge in [-0.3, -0.25) is 9.69 Å². The summed E-state index contributed by atoms with van der Waals surface area (Å²) in [5.74, 6) is 0.296. The van der Waals surface area contributed by atoms with Crippen molar-refractivity contribution in [1.29, 1.82) is 0 Å². The van der Waals surface area contributed by atoms with Crippen LogP contribution in [0.2, 0.25) is 0 Å². The minimum atomic E-state index is -0.566. The Bertz CT molecular complexity index is 306. The first kappa shape index (κ1) is 14.8. The molecule has 1 aliphatic carbocycles. The lowest BCUT2D eigenvalue weighted by Gasteiger charge is -2.45. The average molecular weight is 267 g/mol.